The van der Waals surface area contributed by atoms with Gasteiger partial charge in [-0.2, -0.15) is 0 Å². The van der Waals surface area contributed by atoms with Gasteiger partial charge in [-0.05, 0) is 23.8 Å². The van der Waals surface area contributed by atoms with E-state index in [1.807, 2.05) is 24.4 Å². The SMILES string of the molecule is NCC(Sc1cc2ccccc2[nH]1)c1cccnc1. The predicted octanol–water partition coefficient (Wildman–Crippen LogP) is 3.36. The Morgan fingerprint density at radius 3 is 2.84 bits per heavy atom. The summed E-state index contributed by atoms with van der Waals surface area (Å²) in [6.07, 6.45) is 3.66. The highest BCUT2D eigenvalue weighted by Gasteiger charge is 2.12. The summed E-state index contributed by atoms with van der Waals surface area (Å²) >= 11 is 1.75. The molecule has 0 bridgehead atoms. The third-order valence-electron chi connectivity index (χ3n) is 3.04. The largest absolute Gasteiger partial charge is 0.350 e. The van der Waals surface area contributed by atoms with Crippen LogP contribution in [-0.4, -0.2) is 16.5 Å². The Bertz CT molecular complexity index is 630. The van der Waals surface area contributed by atoms with E-state index in [1.165, 1.54) is 5.39 Å². The maximum absolute atomic E-state index is 5.88. The van der Waals surface area contributed by atoms with Crippen molar-refractivity contribution in [1.29, 1.82) is 0 Å². The lowest BCUT2D eigenvalue weighted by Gasteiger charge is -2.12. The van der Waals surface area contributed by atoms with Crippen molar-refractivity contribution in [3.05, 3.63) is 60.4 Å². The Morgan fingerprint density at radius 2 is 2.11 bits per heavy atom. The molecular formula is C15H15N3S. The standard InChI is InChI=1S/C15H15N3S/c16-9-14(12-5-3-7-17-10-12)19-15-8-11-4-1-2-6-13(11)18-15/h1-8,10,14,18H,9,16H2. The summed E-state index contributed by atoms with van der Waals surface area (Å²) in [5.74, 6) is 0. The van der Waals surface area contributed by atoms with Gasteiger partial charge >= 0.3 is 0 Å². The van der Waals surface area contributed by atoms with Crippen molar-refractivity contribution < 1.29 is 0 Å². The number of aromatic amines is 1. The third kappa shape index (κ3) is 2.64. The van der Waals surface area contributed by atoms with E-state index in [4.69, 9.17) is 5.73 Å². The summed E-state index contributed by atoms with van der Waals surface area (Å²) in [6, 6.07) is 14.5. The molecule has 3 N–H and O–H groups in total. The maximum atomic E-state index is 5.88. The fourth-order valence-corrected chi connectivity index (χ4v) is 3.12. The van der Waals surface area contributed by atoms with Gasteiger partial charge in [0.15, 0.2) is 0 Å². The van der Waals surface area contributed by atoms with Crippen LogP contribution in [0.2, 0.25) is 0 Å². The number of benzene rings is 1. The lowest BCUT2D eigenvalue weighted by Crippen LogP contribution is -2.09. The first-order valence-corrected chi connectivity index (χ1v) is 7.09. The normalized spacial score (nSPS) is 12.7. The van der Waals surface area contributed by atoms with Crippen molar-refractivity contribution in [2.24, 2.45) is 5.73 Å². The van der Waals surface area contributed by atoms with Crippen molar-refractivity contribution in [1.82, 2.24) is 9.97 Å². The van der Waals surface area contributed by atoms with Crippen LogP contribution in [0.3, 0.4) is 0 Å². The molecule has 0 aliphatic carbocycles. The van der Waals surface area contributed by atoms with E-state index in [0.717, 1.165) is 16.1 Å². The number of nitrogens with zero attached hydrogens (tertiary/aromatic N) is 1. The Labute approximate surface area is 116 Å². The van der Waals surface area contributed by atoms with Crippen LogP contribution in [0.4, 0.5) is 0 Å². The van der Waals surface area contributed by atoms with Gasteiger partial charge in [0.05, 0.1) is 5.03 Å². The number of nitrogens with one attached hydrogen (secondary N) is 1. The molecular weight excluding hydrogens is 254 g/mol. The summed E-state index contributed by atoms with van der Waals surface area (Å²) in [6.45, 7) is 0.589. The second-order valence-electron chi connectivity index (χ2n) is 4.35. The van der Waals surface area contributed by atoms with Gasteiger partial charge in [0.2, 0.25) is 0 Å². The molecule has 0 saturated carbocycles. The first-order chi connectivity index (χ1) is 9.36. The van der Waals surface area contributed by atoms with E-state index in [1.54, 1.807) is 18.0 Å². The molecule has 2 aromatic heterocycles. The van der Waals surface area contributed by atoms with Gasteiger partial charge in [0.1, 0.15) is 0 Å². The Kier molecular flexibility index (Phi) is 3.53. The lowest BCUT2D eigenvalue weighted by molar-refractivity contribution is 0.929. The van der Waals surface area contributed by atoms with E-state index < -0.39 is 0 Å². The van der Waals surface area contributed by atoms with Gasteiger partial charge in [-0.1, -0.05) is 36.0 Å². The molecule has 0 spiro atoms. The number of H-pyrrole nitrogens is 1. The fourth-order valence-electron chi connectivity index (χ4n) is 2.08. The molecule has 96 valence electrons. The zero-order valence-electron chi connectivity index (χ0n) is 10.4. The summed E-state index contributed by atoms with van der Waals surface area (Å²) in [5, 5.41) is 2.59. The van der Waals surface area contributed by atoms with Gasteiger partial charge in [-0.15, -0.1) is 0 Å². The molecule has 1 atom stereocenters. The molecule has 1 unspecified atom stereocenters. The molecule has 4 heteroatoms. The summed E-state index contributed by atoms with van der Waals surface area (Å²) in [7, 11) is 0. The fraction of sp³-hybridized carbons (Fsp3) is 0.133. The predicted molar refractivity (Wildman–Crippen MR) is 80.2 cm³/mol. The smallest absolute Gasteiger partial charge is 0.0738 e. The van der Waals surface area contributed by atoms with Crippen LogP contribution in [0.15, 0.2) is 59.9 Å². The molecule has 3 nitrogen and oxygen atoms in total. The van der Waals surface area contributed by atoms with Crippen molar-refractivity contribution in [3.63, 3.8) is 0 Å². The van der Waals surface area contributed by atoms with E-state index in [9.17, 15) is 0 Å². The second kappa shape index (κ2) is 5.47. The van der Waals surface area contributed by atoms with Crippen LogP contribution in [0.1, 0.15) is 10.8 Å². The molecule has 0 saturated heterocycles. The highest BCUT2D eigenvalue weighted by atomic mass is 32.2. The van der Waals surface area contributed by atoms with Crippen LogP contribution < -0.4 is 5.73 Å². The minimum Gasteiger partial charge on any atom is -0.350 e. The highest BCUT2D eigenvalue weighted by molar-refractivity contribution is 7.99. The monoisotopic (exact) mass is 269 g/mol. The average Bonchev–Trinajstić information content (AvgIpc) is 2.88. The van der Waals surface area contributed by atoms with Crippen LogP contribution in [-0.2, 0) is 0 Å². The first kappa shape index (κ1) is 12.3. The molecule has 3 aromatic rings. The van der Waals surface area contributed by atoms with E-state index >= 15 is 0 Å². The van der Waals surface area contributed by atoms with Crippen molar-refractivity contribution >= 4 is 22.7 Å². The number of aromatic nitrogens is 2. The molecule has 0 amide bonds. The average molecular weight is 269 g/mol. The van der Waals surface area contributed by atoms with Gasteiger partial charge < -0.3 is 10.7 Å². The van der Waals surface area contributed by atoms with E-state index in [-0.39, 0.29) is 5.25 Å². The quantitative estimate of drug-likeness (QED) is 0.714. The van der Waals surface area contributed by atoms with Gasteiger partial charge in [-0.25, -0.2) is 0 Å². The van der Waals surface area contributed by atoms with Crippen molar-refractivity contribution in [2.75, 3.05) is 6.54 Å². The van der Waals surface area contributed by atoms with Crippen LogP contribution in [0.25, 0.3) is 10.9 Å². The van der Waals surface area contributed by atoms with Gasteiger partial charge in [0, 0.05) is 35.1 Å². The third-order valence-corrected chi connectivity index (χ3v) is 4.27. The number of thioether (sulfide) groups is 1. The molecule has 3 rings (SSSR count). The number of rotatable bonds is 4. The molecule has 19 heavy (non-hydrogen) atoms. The van der Waals surface area contributed by atoms with Crippen molar-refractivity contribution in [3.8, 4) is 0 Å². The number of hydrogen-bond acceptors (Lipinski definition) is 3. The second-order valence-corrected chi connectivity index (χ2v) is 5.59. The number of hydrogen-bond donors (Lipinski definition) is 2. The number of para-hydroxylation sites is 1. The first-order valence-electron chi connectivity index (χ1n) is 6.21. The van der Waals surface area contributed by atoms with Gasteiger partial charge in [-0.3, -0.25) is 4.98 Å². The summed E-state index contributed by atoms with van der Waals surface area (Å²) in [4.78, 5) is 7.58. The Hall–Kier alpha value is -1.78. The van der Waals surface area contributed by atoms with E-state index in [2.05, 4.69) is 34.2 Å². The molecule has 1 aromatic carbocycles. The molecule has 2 heterocycles. The zero-order valence-corrected chi connectivity index (χ0v) is 11.2. The van der Waals surface area contributed by atoms with Gasteiger partial charge in [0.25, 0.3) is 0 Å². The van der Waals surface area contributed by atoms with E-state index in [0.29, 0.717) is 6.54 Å². The van der Waals surface area contributed by atoms with Crippen LogP contribution in [0.5, 0.6) is 0 Å². The molecule has 0 radical (unpaired) electrons. The minimum atomic E-state index is 0.224. The van der Waals surface area contributed by atoms with Crippen LogP contribution in [0, 0.1) is 0 Å². The molecule has 0 aliphatic rings. The Balaban J connectivity index is 1.86. The topological polar surface area (TPSA) is 54.7 Å². The molecule has 0 fully saturated rings. The number of nitrogens with two attached hydrogens (primary N) is 1. The Morgan fingerprint density at radius 1 is 1.21 bits per heavy atom. The number of fused-ring (bicyclic) bond motifs is 1. The lowest BCUT2D eigenvalue weighted by atomic mass is 10.2. The summed E-state index contributed by atoms with van der Waals surface area (Å²) in [5.41, 5.74) is 8.20. The highest BCUT2D eigenvalue weighted by Crippen LogP contribution is 2.34. The zero-order chi connectivity index (χ0) is 13.1. The molecule has 0 aliphatic heterocycles. The maximum Gasteiger partial charge on any atom is 0.0738 e. The minimum absolute atomic E-state index is 0.224. The van der Waals surface area contributed by atoms with Crippen LogP contribution >= 0.6 is 11.8 Å². The summed E-state index contributed by atoms with van der Waals surface area (Å²) < 4.78 is 0. The van der Waals surface area contributed by atoms with Crippen molar-refractivity contribution in [2.45, 2.75) is 10.3 Å². The number of pyridine rings is 1.